The summed E-state index contributed by atoms with van der Waals surface area (Å²) in [6.45, 7) is 0.845. The van der Waals surface area contributed by atoms with Gasteiger partial charge < -0.3 is 5.73 Å². The van der Waals surface area contributed by atoms with Gasteiger partial charge in [-0.2, -0.15) is 0 Å². The van der Waals surface area contributed by atoms with Gasteiger partial charge in [-0.25, -0.2) is 3.11 Å². The maximum atomic E-state index is 6.20. The van der Waals surface area contributed by atoms with E-state index in [0.717, 1.165) is 12.1 Å². The maximum absolute atomic E-state index is 6.20. The smallest absolute Gasteiger partial charge is 0.0926 e. The molecule has 1 unspecified atom stereocenters. The van der Waals surface area contributed by atoms with E-state index in [-0.39, 0.29) is 6.17 Å². The molecule has 0 amide bonds. The lowest BCUT2D eigenvalue weighted by Crippen LogP contribution is -2.26. The number of nitrogens with two attached hydrogens (primary N) is 1. The van der Waals surface area contributed by atoms with E-state index < -0.39 is 0 Å². The summed E-state index contributed by atoms with van der Waals surface area (Å²) in [6.07, 6.45) is -0.0722. The van der Waals surface area contributed by atoms with Crippen LogP contribution in [0.2, 0.25) is 0 Å². The molecule has 0 radical (unpaired) electrons. The normalized spacial score (nSPS) is 12.6. The Morgan fingerprint density at radius 1 is 0.941 bits per heavy atom. The minimum absolute atomic E-state index is 0.0722. The minimum atomic E-state index is -0.0722. The van der Waals surface area contributed by atoms with Gasteiger partial charge in [0.25, 0.3) is 0 Å². The highest BCUT2D eigenvalue weighted by molar-refractivity contribution is 14.1. The molecular weight excluding hydrogens is 323 g/mol. The molecule has 0 saturated heterocycles. The van der Waals surface area contributed by atoms with Crippen molar-refractivity contribution in [3.05, 3.63) is 71.8 Å². The van der Waals surface area contributed by atoms with Crippen molar-refractivity contribution >= 4 is 22.9 Å². The fourth-order valence-electron chi connectivity index (χ4n) is 1.67. The van der Waals surface area contributed by atoms with Crippen LogP contribution in [0.1, 0.15) is 17.3 Å². The fourth-order valence-corrected chi connectivity index (χ4v) is 2.38. The SMILES string of the molecule is NC(c1ccccc1)N(I)Cc1ccccc1. The standard InChI is InChI=1S/C14H15IN2/c15-17(11-12-7-3-1-4-8-12)14(16)13-9-5-2-6-10-13/h1-10,14H,11,16H2. The topological polar surface area (TPSA) is 29.3 Å². The molecule has 0 aliphatic carbocycles. The minimum Gasteiger partial charge on any atom is -0.311 e. The molecule has 2 aromatic carbocycles. The van der Waals surface area contributed by atoms with Crippen molar-refractivity contribution in [2.24, 2.45) is 5.73 Å². The van der Waals surface area contributed by atoms with Crippen LogP contribution in [0.25, 0.3) is 0 Å². The molecule has 0 fully saturated rings. The number of halogens is 1. The van der Waals surface area contributed by atoms with E-state index in [1.165, 1.54) is 5.56 Å². The van der Waals surface area contributed by atoms with Crippen molar-refractivity contribution in [2.45, 2.75) is 12.7 Å². The molecule has 0 bridgehead atoms. The Labute approximate surface area is 116 Å². The van der Waals surface area contributed by atoms with Crippen LogP contribution in [0, 0.1) is 0 Å². The predicted octanol–water partition coefficient (Wildman–Crippen LogP) is 3.50. The number of rotatable bonds is 4. The van der Waals surface area contributed by atoms with E-state index in [4.69, 9.17) is 5.73 Å². The molecule has 2 nitrogen and oxygen atoms in total. The average molecular weight is 338 g/mol. The van der Waals surface area contributed by atoms with Crippen LogP contribution < -0.4 is 5.73 Å². The third-order valence-corrected chi connectivity index (χ3v) is 3.56. The predicted molar refractivity (Wildman–Crippen MR) is 79.4 cm³/mol. The summed E-state index contributed by atoms with van der Waals surface area (Å²) in [4.78, 5) is 0. The van der Waals surface area contributed by atoms with Gasteiger partial charge in [-0.3, -0.25) is 0 Å². The second kappa shape index (κ2) is 6.14. The van der Waals surface area contributed by atoms with Gasteiger partial charge in [0, 0.05) is 29.4 Å². The Balaban J connectivity index is 2.03. The first-order chi connectivity index (χ1) is 8.27. The summed E-state index contributed by atoms with van der Waals surface area (Å²) in [5.74, 6) is 0. The van der Waals surface area contributed by atoms with Crippen molar-refractivity contribution in [1.82, 2.24) is 3.11 Å². The quantitative estimate of drug-likeness (QED) is 0.525. The van der Waals surface area contributed by atoms with Crippen LogP contribution in [-0.2, 0) is 6.54 Å². The zero-order valence-electron chi connectivity index (χ0n) is 9.46. The molecule has 2 aromatic rings. The lowest BCUT2D eigenvalue weighted by atomic mass is 10.1. The number of hydrogen-bond acceptors (Lipinski definition) is 2. The summed E-state index contributed by atoms with van der Waals surface area (Å²) < 4.78 is 2.11. The molecule has 0 aliphatic rings. The summed E-state index contributed by atoms with van der Waals surface area (Å²) in [5.41, 5.74) is 8.61. The van der Waals surface area contributed by atoms with Gasteiger partial charge in [0.05, 0.1) is 6.17 Å². The summed E-state index contributed by atoms with van der Waals surface area (Å²) in [7, 11) is 0. The Morgan fingerprint density at radius 2 is 1.47 bits per heavy atom. The van der Waals surface area contributed by atoms with Gasteiger partial charge in [0.1, 0.15) is 0 Å². The van der Waals surface area contributed by atoms with Crippen LogP contribution in [0.5, 0.6) is 0 Å². The molecule has 88 valence electrons. The van der Waals surface area contributed by atoms with E-state index in [0.29, 0.717) is 0 Å². The van der Waals surface area contributed by atoms with E-state index in [2.05, 4.69) is 50.2 Å². The van der Waals surface area contributed by atoms with E-state index >= 15 is 0 Å². The average Bonchev–Trinajstić information content (AvgIpc) is 2.40. The summed E-state index contributed by atoms with van der Waals surface area (Å²) >= 11 is 2.28. The van der Waals surface area contributed by atoms with E-state index in [1.54, 1.807) is 0 Å². The Kier molecular flexibility index (Phi) is 4.53. The lowest BCUT2D eigenvalue weighted by Gasteiger charge is -2.22. The summed E-state index contributed by atoms with van der Waals surface area (Å²) in [6, 6.07) is 20.5. The second-order valence-corrected chi connectivity index (χ2v) is 5.14. The van der Waals surface area contributed by atoms with Crippen LogP contribution in [0.3, 0.4) is 0 Å². The molecule has 0 aliphatic heterocycles. The second-order valence-electron chi connectivity index (χ2n) is 3.90. The Bertz CT molecular complexity index is 444. The molecule has 0 aromatic heterocycles. The van der Waals surface area contributed by atoms with Gasteiger partial charge in [-0.1, -0.05) is 60.7 Å². The van der Waals surface area contributed by atoms with Crippen molar-refractivity contribution in [1.29, 1.82) is 0 Å². The molecule has 2 rings (SSSR count). The van der Waals surface area contributed by atoms with Crippen LogP contribution in [-0.4, -0.2) is 3.11 Å². The van der Waals surface area contributed by atoms with Crippen molar-refractivity contribution in [2.75, 3.05) is 0 Å². The largest absolute Gasteiger partial charge is 0.311 e. The zero-order valence-corrected chi connectivity index (χ0v) is 11.6. The Hall–Kier alpha value is -0.910. The maximum Gasteiger partial charge on any atom is 0.0926 e. The van der Waals surface area contributed by atoms with Crippen LogP contribution in [0.4, 0.5) is 0 Å². The first-order valence-corrected chi connectivity index (χ1v) is 6.51. The highest BCUT2D eigenvalue weighted by Crippen LogP contribution is 2.21. The molecule has 2 N–H and O–H groups in total. The Morgan fingerprint density at radius 3 is 2.06 bits per heavy atom. The van der Waals surface area contributed by atoms with Gasteiger partial charge in [0.2, 0.25) is 0 Å². The molecular formula is C14H15IN2. The first kappa shape index (κ1) is 12.5. The summed E-state index contributed by atoms with van der Waals surface area (Å²) in [5, 5.41) is 0. The highest BCUT2D eigenvalue weighted by Gasteiger charge is 2.13. The van der Waals surface area contributed by atoms with Gasteiger partial charge >= 0.3 is 0 Å². The highest BCUT2D eigenvalue weighted by atomic mass is 127. The van der Waals surface area contributed by atoms with Crippen molar-refractivity contribution in [3.8, 4) is 0 Å². The lowest BCUT2D eigenvalue weighted by molar-refractivity contribution is 0.395. The van der Waals surface area contributed by atoms with Gasteiger partial charge in [-0.15, -0.1) is 0 Å². The fraction of sp³-hybridized carbons (Fsp3) is 0.143. The van der Waals surface area contributed by atoms with Crippen LogP contribution in [0.15, 0.2) is 60.7 Å². The zero-order chi connectivity index (χ0) is 12.1. The molecule has 0 saturated carbocycles. The third-order valence-electron chi connectivity index (χ3n) is 2.62. The third kappa shape index (κ3) is 3.52. The molecule has 17 heavy (non-hydrogen) atoms. The molecule has 3 heteroatoms. The van der Waals surface area contributed by atoms with Gasteiger partial charge in [-0.05, 0) is 11.1 Å². The van der Waals surface area contributed by atoms with Crippen molar-refractivity contribution in [3.63, 3.8) is 0 Å². The first-order valence-electron chi connectivity index (χ1n) is 5.54. The number of hydrogen-bond donors (Lipinski definition) is 1. The van der Waals surface area contributed by atoms with Gasteiger partial charge in [0.15, 0.2) is 0 Å². The monoisotopic (exact) mass is 338 g/mol. The number of benzene rings is 2. The van der Waals surface area contributed by atoms with Crippen LogP contribution >= 0.6 is 22.9 Å². The molecule has 0 spiro atoms. The van der Waals surface area contributed by atoms with E-state index in [1.807, 2.05) is 36.4 Å². The van der Waals surface area contributed by atoms with E-state index in [9.17, 15) is 0 Å². The number of nitrogens with zero attached hydrogens (tertiary/aromatic N) is 1. The molecule has 0 heterocycles. The molecule has 1 atom stereocenters. The van der Waals surface area contributed by atoms with Crippen molar-refractivity contribution < 1.29 is 0 Å².